The Hall–Kier alpha value is -2.01. The number of hydrogen-bond donors (Lipinski definition) is 1. The maximum Gasteiger partial charge on any atom is 0.225 e. The second-order valence-corrected chi connectivity index (χ2v) is 11.7. The molecular formula is C25H26BrNO3. The lowest BCUT2D eigenvalue weighted by Gasteiger charge is -2.60. The summed E-state index contributed by atoms with van der Waals surface area (Å²) in [6, 6.07) is 11.8. The number of amides is 1. The second kappa shape index (κ2) is 6.49. The Morgan fingerprint density at radius 2 is 1.90 bits per heavy atom. The number of carbonyl (C=O) groups excluding carboxylic acids is 1. The van der Waals surface area contributed by atoms with E-state index >= 15 is 0 Å². The van der Waals surface area contributed by atoms with Gasteiger partial charge in [-0.2, -0.15) is 0 Å². The zero-order valence-electron chi connectivity index (χ0n) is 17.2. The van der Waals surface area contributed by atoms with E-state index in [1.165, 1.54) is 32.1 Å². The fourth-order valence-corrected chi connectivity index (χ4v) is 8.61. The minimum absolute atomic E-state index is 0.0850. The summed E-state index contributed by atoms with van der Waals surface area (Å²) in [4.78, 5) is 13.2. The topological polar surface area (TPSA) is 51.5 Å². The molecule has 7 rings (SSSR count). The van der Waals surface area contributed by atoms with E-state index in [4.69, 9.17) is 9.15 Å². The minimum Gasteiger partial charge on any atom is -0.495 e. The largest absolute Gasteiger partial charge is 0.495 e. The van der Waals surface area contributed by atoms with E-state index in [1.807, 2.05) is 36.4 Å². The van der Waals surface area contributed by atoms with Gasteiger partial charge in [-0.15, -0.1) is 0 Å². The zero-order chi connectivity index (χ0) is 20.5. The van der Waals surface area contributed by atoms with Crippen molar-refractivity contribution >= 4 is 49.5 Å². The summed E-state index contributed by atoms with van der Waals surface area (Å²) >= 11 is 4.05. The third kappa shape index (κ3) is 2.96. The number of alkyl halides is 1. The summed E-state index contributed by atoms with van der Waals surface area (Å²) in [6.45, 7) is 0. The molecule has 3 aromatic rings. The molecule has 0 aliphatic heterocycles. The monoisotopic (exact) mass is 467 g/mol. The van der Waals surface area contributed by atoms with Crippen molar-refractivity contribution in [1.82, 2.24) is 0 Å². The highest BCUT2D eigenvalue weighted by Crippen LogP contribution is 2.65. The van der Waals surface area contributed by atoms with Crippen molar-refractivity contribution in [3.05, 3.63) is 36.4 Å². The van der Waals surface area contributed by atoms with Crippen LogP contribution in [0, 0.1) is 17.3 Å². The molecule has 2 atom stereocenters. The molecule has 4 aliphatic carbocycles. The number of ether oxygens (including phenoxy) is 1. The maximum atomic E-state index is 13.2. The zero-order valence-corrected chi connectivity index (χ0v) is 18.8. The molecule has 5 heteroatoms. The Morgan fingerprint density at radius 1 is 1.13 bits per heavy atom. The SMILES string of the molecule is COc1cc2c(cc1NC(=O)CC13C[C@@H]4C[C@H](CC(Br)(C4)C1)C3)oc1ccccc12. The lowest BCUT2D eigenvalue weighted by atomic mass is 9.48. The van der Waals surface area contributed by atoms with Gasteiger partial charge in [0, 0.05) is 27.6 Å². The summed E-state index contributed by atoms with van der Waals surface area (Å²) in [5.41, 5.74) is 2.44. The normalized spacial score (nSPS) is 32.1. The molecule has 1 amide bonds. The van der Waals surface area contributed by atoms with Crippen LogP contribution >= 0.6 is 15.9 Å². The van der Waals surface area contributed by atoms with E-state index in [2.05, 4.69) is 21.2 Å². The summed E-state index contributed by atoms with van der Waals surface area (Å²) in [5, 5.41) is 5.20. The Labute approximate surface area is 184 Å². The molecule has 4 bridgehead atoms. The van der Waals surface area contributed by atoms with Crippen LogP contribution in [-0.4, -0.2) is 17.3 Å². The van der Waals surface area contributed by atoms with Crippen LogP contribution in [0.25, 0.3) is 21.9 Å². The fourth-order valence-electron chi connectivity index (χ4n) is 7.10. The molecule has 0 saturated heterocycles. The predicted octanol–water partition coefficient (Wildman–Crippen LogP) is 6.66. The molecule has 1 aromatic heterocycles. The van der Waals surface area contributed by atoms with Gasteiger partial charge >= 0.3 is 0 Å². The van der Waals surface area contributed by atoms with E-state index in [1.54, 1.807) is 7.11 Å². The molecule has 1 heterocycles. The predicted molar refractivity (Wildman–Crippen MR) is 122 cm³/mol. The first kappa shape index (κ1) is 18.7. The molecule has 2 aromatic carbocycles. The summed E-state index contributed by atoms with van der Waals surface area (Å²) in [7, 11) is 1.65. The lowest BCUT2D eigenvalue weighted by Crippen LogP contribution is -2.53. The molecular weight excluding hydrogens is 442 g/mol. The van der Waals surface area contributed by atoms with Gasteiger partial charge in [-0.05, 0) is 67.9 Å². The third-order valence-electron chi connectivity index (χ3n) is 7.62. The average Bonchev–Trinajstić information content (AvgIpc) is 3.02. The number of furan rings is 1. The number of rotatable bonds is 4. The quantitative estimate of drug-likeness (QED) is 0.436. The van der Waals surface area contributed by atoms with Crippen LogP contribution in [0.1, 0.15) is 44.9 Å². The van der Waals surface area contributed by atoms with Gasteiger partial charge in [-0.25, -0.2) is 0 Å². The Kier molecular flexibility index (Phi) is 4.05. The molecule has 0 radical (unpaired) electrons. The number of benzene rings is 2. The molecule has 0 spiro atoms. The highest BCUT2D eigenvalue weighted by molar-refractivity contribution is 9.10. The van der Waals surface area contributed by atoms with Gasteiger partial charge in [-0.1, -0.05) is 34.1 Å². The smallest absolute Gasteiger partial charge is 0.225 e. The van der Waals surface area contributed by atoms with E-state index in [0.29, 0.717) is 17.9 Å². The van der Waals surface area contributed by atoms with E-state index in [-0.39, 0.29) is 15.6 Å². The van der Waals surface area contributed by atoms with Crippen molar-refractivity contribution in [1.29, 1.82) is 0 Å². The second-order valence-electron chi connectivity index (χ2n) is 9.98. The van der Waals surface area contributed by atoms with Crippen molar-refractivity contribution in [2.24, 2.45) is 17.3 Å². The van der Waals surface area contributed by atoms with Gasteiger partial charge in [-0.3, -0.25) is 4.79 Å². The van der Waals surface area contributed by atoms with Crippen LogP contribution in [0.4, 0.5) is 5.69 Å². The maximum absolute atomic E-state index is 13.2. The van der Waals surface area contributed by atoms with Gasteiger partial charge in [0.25, 0.3) is 0 Å². The van der Waals surface area contributed by atoms with Crippen LogP contribution in [0.2, 0.25) is 0 Å². The van der Waals surface area contributed by atoms with Crippen molar-refractivity contribution in [3.63, 3.8) is 0 Å². The standard InChI is InChI=1S/C25H26BrNO3/c1-29-22-7-18-17-4-2-3-5-20(17)30-21(18)8-19(22)27-23(28)13-24-9-15-6-16(10-24)12-25(26,11-15)14-24/h2-5,7-8,15-16H,6,9-14H2,1H3,(H,27,28)/t15-,16-,24?,25?/m0/s1. The minimum atomic E-state index is 0.0850. The van der Waals surface area contributed by atoms with Gasteiger partial charge in [0.15, 0.2) is 0 Å². The molecule has 4 nitrogen and oxygen atoms in total. The Bertz CT molecular complexity index is 1150. The molecule has 30 heavy (non-hydrogen) atoms. The highest BCUT2D eigenvalue weighted by Gasteiger charge is 2.57. The lowest BCUT2D eigenvalue weighted by molar-refractivity contribution is -0.123. The van der Waals surface area contributed by atoms with Crippen molar-refractivity contribution in [3.8, 4) is 5.75 Å². The van der Waals surface area contributed by atoms with Gasteiger partial charge in [0.05, 0.1) is 12.8 Å². The summed E-state index contributed by atoms with van der Waals surface area (Å²) in [5.74, 6) is 2.31. The van der Waals surface area contributed by atoms with Crippen LogP contribution in [0.3, 0.4) is 0 Å². The van der Waals surface area contributed by atoms with Crippen molar-refractivity contribution in [2.75, 3.05) is 12.4 Å². The molecule has 1 N–H and O–H groups in total. The van der Waals surface area contributed by atoms with E-state index in [9.17, 15) is 4.79 Å². The van der Waals surface area contributed by atoms with E-state index < -0.39 is 0 Å². The number of anilines is 1. The van der Waals surface area contributed by atoms with Gasteiger partial charge in [0.1, 0.15) is 16.9 Å². The molecule has 156 valence electrons. The fraction of sp³-hybridized carbons (Fsp3) is 0.480. The Balaban J connectivity index is 1.29. The summed E-state index contributed by atoms with van der Waals surface area (Å²) in [6.07, 6.45) is 8.03. The molecule has 0 unspecified atom stereocenters. The first-order valence-corrected chi connectivity index (χ1v) is 11.7. The number of carbonyl (C=O) groups is 1. The van der Waals surface area contributed by atoms with Crippen LogP contribution < -0.4 is 10.1 Å². The van der Waals surface area contributed by atoms with Crippen molar-refractivity contribution < 1.29 is 13.9 Å². The molecule has 4 aliphatic rings. The number of halogens is 1. The number of nitrogens with one attached hydrogen (secondary N) is 1. The van der Waals surface area contributed by atoms with Gasteiger partial charge < -0.3 is 14.5 Å². The molecule has 4 fully saturated rings. The number of methoxy groups -OCH3 is 1. The van der Waals surface area contributed by atoms with Crippen molar-refractivity contribution in [2.45, 2.75) is 49.3 Å². The van der Waals surface area contributed by atoms with Crippen LogP contribution in [-0.2, 0) is 4.79 Å². The van der Waals surface area contributed by atoms with Gasteiger partial charge in [0.2, 0.25) is 5.91 Å². The van der Waals surface area contributed by atoms with Crippen LogP contribution in [0.15, 0.2) is 40.8 Å². The summed E-state index contributed by atoms with van der Waals surface area (Å²) < 4.78 is 11.9. The highest BCUT2D eigenvalue weighted by atomic mass is 79.9. The molecule has 4 saturated carbocycles. The van der Waals surface area contributed by atoms with E-state index in [0.717, 1.165) is 40.2 Å². The average molecular weight is 468 g/mol. The third-order valence-corrected chi connectivity index (χ3v) is 8.55. The number of fused-ring (bicyclic) bond motifs is 3. The number of para-hydroxylation sites is 1. The van der Waals surface area contributed by atoms with Crippen LogP contribution in [0.5, 0.6) is 5.75 Å². The Morgan fingerprint density at radius 3 is 2.63 bits per heavy atom. The first-order valence-electron chi connectivity index (χ1n) is 10.9. The first-order chi connectivity index (χ1) is 14.4. The number of hydrogen-bond acceptors (Lipinski definition) is 3.